The molecule has 0 saturated carbocycles. The van der Waals surface area contributed by atoms with E-state index in [1.165, 1.54) is 0 Å². The summed E-state index contributed by atoms with van der Waals surface area (Å²) in [5.41, 5.74) is 0.754. The van der Waals surface area contributed by atoms with E-state index in [1.807, 2.05) is 6.07 Å². The van der Waals surface area contributed by atoms with Crippen molar-refractivity contribution in [3.63, 3.8) is 0 Å². The van der Waals surface area contributed by atoms with E-state index in [0.717, 1.165) is 5.69 Å². The van der Waals surface area contributed by atoms with Crippen LogP contribution in [-0.2, 0) is 4.79 Å². The molecule has 0 saturated heterocycles. The molecule has 5 heteroatoms. The van der Waals surface area contributed by atoms with Crippen molar-refractivity contribution < 1.29 is 14.3 Å². The molecule has 0 unspecified atom stereocenters. The lowest BCUT2D eigenvalue weighted by molar-refractivity contribution is -0.121. The molecule has 0 aliphatic heterocycles. The Balaban J connectivity index is 2.87. The van der Waals surface area contributed by atoms with Gasteiger partial charge in [-0.3, -0.25) is 4.79 Å². The predicted molar refractivity (Wildman–Crippen MR) is 66.7 cm³/mol. The molecule has 0 aliphatic carbocycles. The lowest BCUT2D eigenvalue weighted by Gasteiger charge is -2.16. The topological polar surface area (TPSA) is 59.6 Å². The monoisotopic (exact) mass is 238 g/mol. The maximum absolute atomic E-state index is 11.4. The number of hydrogen-bond acceptors (Lipinski definition) is 4. The Morgan fingerprint density at radius 2 is 2.00 bits per heavy atom. The molecule has 1 atom stereocenters. The van der Waals surface area contributed by atoms with Gasteiger partial charge in [-0.15, -0.1) is 0 Å². The standard InChI is InChI=1S/C12H18N2O3/c1-8(12(15)13-2)14-10-6-5-9(16-3)7-11(10)17-4/h5-8,14H,1-4H3,(H,13,15)/t8-/m0/s1. The number of methoxy groups -OCH3 is 2. The average molecular weight is 238 g/mol. The van der Waals surface area contributed by atoms with Gasteiger partial charge in [-0.25, -0.2) is 0 Å². The number of anilines is 1. The van der Waals surface area contributed by atoms with Crippen LogP contribution in [0.15, 0.2) is 18.2 Å². The van der Waals surface area contributed by atoms with Gasteiger partial charge in [0.2, 0.25) is 5.91 Å². The van der Waals surface area contributed by atoms with Crippen LogP contribution in [0.4, 0.5) is 5.69 Å². The molecule has 0 aromatic heterocycles. The Labute approximate surface area is 101 Å². The summed E-state index contributed by atoms with van der Waals surface area (Å²) in [6.07, 6.45) is 0. The highest BCUT2D eigenvalue weighted by Gasteiger charge is 2.13. The van der Waals surface area contributed by atoms with Gasteiger partial charge in [0.1, 0.15) is 17.5 Å². The normalized spacial score (nSPS) is 11.5. The number of carbonyl (C=O) groups is 1. The van der Waals surface area contributed by atoms with E-state index in [9.17, 15) is 4.79 Å². The SMILES string of the molecule is CNC(=O)[C@H](C)Nc1ccc(OC)cc1OC. The van der Waals surface area contributed by atoms with Crippen molar-refractivity contribution in [2.45, 2.75) is 13.0 Å². The second-order valence-electron chi connectivity index (χ2n) is 3.55. The summed E-state index contributed by atoms with van der Waals surface area (Å²) >= 11 is 0. The molecule has 0 fully saturated rings. The molecular weight excluding hydrogens is 220 g/mol. The van der Waals surface area contributed by atoms with Gasteiger partial charge in [-0.05, 0) is 19.1 Å². The minimum Gasteiger partial charge on any atom is -0.497 e. The summed E-state index contributed by atoms with van der Waals surface area (Å²) in [5, 5.41) is 5.65. The molecule has 0 spiro atoms. The first-order valence-electron chi connectivity index (χ1n) is 5.32. The Morgan fingerprint density at radius 3 is 2.53 bits per heavy atom. The lowest BCUT2D eigenvalue weighted by Crippen LogP contribution is -2.35. The van der Waals surface area contributed by atoms with E-state index >= 15 is 0 Å². The fourth-order valence-corrected chi connectivity index (χ4v) is 1.43. The summed E-state index contributed by atoms with van der Waals surface area (Å²) in [6.45, 7) is 1.78. The molecule has 1 amide bonds. The summed E-state index contributed by atoms with van der Waals surface area (Å²) in [6, 6.07) is 5.06. The minimum atomic E-state index is -0.331. The summed E-state index contributed by atoms with van der Waals surface area (Å²) in [4.78, 5) is 11.4. The molecule has 17 heavy (non-hydrogen) atoms. The number of likely N-dealkylation sites (N-methyl/N-ethyl adjacent to an activating group) is 1. The van der Waals surface area contributed by atoms with Gasteiger partial charge in [-0.2, -0.15) is 0 Å². The third kappa shape index (κ3) is 3.27. The first kappa shape index (κ1) is 13.2. The van der Waals surface area contributed by atoms with E-state index in [0.29, 0.717) is 11.5 Å². The average Bonchev–Trinajstić information content (AvgIpc) is 2.37. The van der Waals surface area contributed by atoms with Gasteiger partial charge in [0, 0.05) is 13.1 Å². The molecule has 94 valence electrons. The molecule has 1 aromatic rings. The van der Waals surface area contributed by atoms with Crippen LogP contribution in [0.25, 0.3) is 0 Å². The maximum Gasteiger partial charge on any atom is 0.241 e. The number of hydrogen-bond donors (Lipinski definition) is 2. The molecule has 1 rings (SSSR count). The number of amides is 1. The van der Waals surface area contributed by atoms with Crippen molar-refractivity contribution in [3.05, 3.63) is 18.2 Å². The van der Waals surface area contributed by atoms with Crippen molar-refractivity contribution in [2.75, 3.05) is 26.6 Å². The van der Waals surface area contributed by atoms with Crippen molar-refractivity contribution in [1.82, 2.24) is 5.32 Å². The highest BCUT2D eigenvalue weighted by Crippen LogP contribution is 2.29. The molecule has 1 aromatic carbocycles. The largest absolute Gasteiger partial charge is 0.497 e. The van der Waals surface area contributed by atoms with E-state index in [-0.39, 0.29) is 11.9 Å². The van der Waals surface area contributed by atoms with Crippen LogP contribution in [0, 0.1) is 0 Å². The van der Waals surface area contributed by atoms with Crippen LogP contribution in [0.5, 0.6) is 11.5 Å². The Kier molecular flexibility index (Phi) is 4.63. The zero-order valence-corrected chi connectivity index (χ0v) is 10.5. The molecule has 5 nitrogen and oxygen atoms in total. The van der Waals surface area contributed by atoms with Crippen LogP contribution in [0.3, 0.4) is 0 Å². The highest BCUT2D eigenvalue weighted by molar-refractivity contribution is 5.84. The van der Waals surface area contributed by atoms with Crippen molar-refractivity contribution >= 4 is 11.6 Å². The van der Waals surface area contributed by atoms with E-state index in [1.54, 1.807) is 40.3 Å². The maximum atomic E-state index is 11.4. The highest BCUT2D eigenvalue weighted by atomic mass is 16.5. The summed E-state index contributed by atoms with van der Waals surface area (Å²) in [5.74, 6) is 1.27. The van der Waals surface area contributed by atoms with Crippen LogP contribution in [-0.4, -0.2) is 33.2 Å². The zero-order valence-electron chi connectivity index (χ0n) is 10.5. The Bertz CT molecular complexity index is 393. The van der Waals surface area contributed by atoms with Crippen molar-refractivity contribution in [1.29, 1.82) is 0 Å². The molecular formula is C12H18N2O3. The third-order valence-electron chi connectivity index (χ3n) is 2.42. The van der Waals surface area contributed by atoms with Crippen LogP contribution < -0.4 is 20.1 Å². The number of carbonyl (C=O) groups excluding carboxylic acids is 1. The predicted octanol–water partition coefficient (Wildman–Crippen LogP) is 1.25. The van der Waals surface area contributed by atoms with Gasteiger partial charge >= 0.3 is 0 Å². The van der Waals surface area contributed by atoms with E-state index < -0.39 is 0 Å². The fraction of sp³-hybridized carbons (Fsp3) is 0.417. The zero-order chi connectivity index (χ0) is 12.8. The van der Waals surface area contributed by atoms with Gasteiger partial charge in [0.05, 0.1) is 19.9 Å². The molecule has 2 N–H and O–H groups in total. The molecule has 0 bridgehead atoms. The van der Waals surface area contributed by atoms with Crippen LogP contribution in [0.1, 0.15) is 6.92 Å². The van der Waals surface area contributed by atoms with E-state index in [2.05, 4.69) is 10.6 Å². The smallest absolute Gasteiger partial charge is 0.241 e. The quantitative estimate of drug-likeness (QED) is 0.810. The van der Waals surface area contributed by atoms with Crippen molar-refractivity contribution in [3.8, 4) is 11.5 Å². The first-order valence-corrected chi connectivity index (χ1v) is 5.32. The second kappa shape index (κ2) is 5.98. The van der Waals surface area contributed by atoms with Gasteiger partial charge in [0.15, 0.2) is 0 Å². The first-order chi connectivity index (χ1) is 8.12. The third-order valence-corrected chi connectivity index (χ3v) is 2.42. The van der Waals surface area contributed by atoms with Crippen molar-refractivity contribution in [2.24, 2.45) is 0 Å². The Morgan fingerprint density at radius 1 is 1.29 bits per heavy atom. The minimum absolute atomic E-state index is 0.0807. The molecule has 0 aliphatic rings. The van der Waals surface area contributed by atoms with Gasteiger partial charge in [0.25, 0.3) is 0 Å². The number of ether oxygens (including phenoxy) is 2. The molecule has 0 radical (unpaired) electrons. The summed E-state index contributed by atoms with van der Waals surface area (Å²) < 4.78 is 10.3. The Hall–Kier alpha value is -1.91. The van der Waals surface area contributed by atoms with Crippen LogP contribution in [0.2, 0.25) is 0 Å². The number of nitrogens with one attached hydrogen (secondary N) is 2. The number of benzene rings is 1. The number of rotatable bonds is 5. The summed E-state index contributed by atoms with van der Waals surface area (Å²) in [7, 11) is 4.77. The lowest BCUT2D eigenvalue weighted by atomic mass is 10.2. The van der Waals surface area contributed by atoms with Gasteiger partial charge in [-0.1, -0.05) is 0 Å². The van der Waals surface area contributed by atoms with E-state index in [4.69, 9.17) is 9.47 Å². The fourth-order valence-electron chi connectivity index (χ4n) is 1.43. The van der Waals surface area contributed by atoms with Gasteiger partial charge < -0.3 is 20.1 Å². The second-order valence-corrected chi connectivity index (χ2v) is 3.55. The molecule has 0 heterocycles. The van der Waals surface area contributed by atoms with Crippen LogP contribution >= 0.6 is 0 Å².